The Morgan fingerprint density at radius 2 is 1.54 bits per heavy atom. The molecule has 150 valence electrons. The fraction of sp³-hybridized carbons (Fsp3) is 0.391. The average Bonchev–Trinajstić information content (AvgIpc) is 2.61. The van der Waals surface area contributed by atoms with Crippen LogP contribution in [0.4, 0.5) is 4.39 Å². The van der Waals surface area contributed by atoms with Crippen molar-refractivity contribution in [2.75, 3.05) is 0 Å². The second-order valence-electron chi connectivity index (χ2n) is 8.23. The first-order chi connectivity index (χ1) is 13.0. The lowest BCUT2D eigenvalue weighted by Gasteiger charge is -2.31. The zero-order valence-corrected chi connectivity index (χ0v) is 17.3. The molecule has 0 radical (unpaired) electrons. The molecule has 1 N–H and O–H groups in total. The Morgan fingerprint density at radius 3 is 2.07 bits per heavy atom. The molecule has 0 aliphatic rings. The topological polar surface area (TPSA) is 49.4 Å². The Labute approximate surface area is 166 Å². The summed E-state index contributed by atoms with van der Waals surface area (Å²) >= 11 is 0. The Kier molecular flexibility index (Phi) is 6.95. The van der Waals surface area contributed by atoms with Crippen LogP contribution in [0.25, 0.3) is 0 Å². The van der Waals surface area contributed by atoms with Gasteiger partial charge in [-0.05, 0) is 57.9 Å². The van der Waals surface area contributed by atoms with Crippen LogP contribution in [-0.4, -0.2) is 28.3 Å². The molecule has 0 saturated carbocycles. The van der Waals surface area contributed by atoms with Gasteiger partial charge < -0.3 is 10.2 Å². The first kappa shape index (κ1) is 21.6. The van der Waals surface area contributed by atoms with E-state index in [9.17, 15) is 14.0 Å². The zero-order chi connectivity index (χ0) is 20.9. The summed E-state index contributed by atoms with van der Waals surface area (Å²) in [6.45, 7) is 9.78. The molecule has 0 heterocycles. The Hall–Kier alpha value is -2.69. The highest BCUT2D eigenvalue weighted by molar-refractivity contribution is 5.88. The number of amides is 2. The molecule has 0 aliphatic carbocycles. The number of carbonyl (C=O) groups excluding carboxylic acids is 2. The third-order valence-corrected chi connectivity index (χ3v) is 4.41. The van der Waals surface area contributed by atoms with Gasteiger partial charge in [0.05, 0.1) is 6.42 Å². The maximum atomic E-state index is 13.1. The van der Waals surface area contributed by atoms with E-state index in [2.05, 4.69) is 5.32 Å². The molecule has 0 aliphatic heterocycles. The van der Waals surface area contributed by atoms with Crippen LogP contribution < -0.4 is 5.32 Å². The molecule has 2 aromatic carbocycles. The minimum Gasteiger partial charge on any atom is -0.350 e. The third-order valence-electron chi connectivity index (χ3n) is 4.41. The van der Waals surface area contributed by atoms with Crippen molar-refractivity contribution in [1.29, 1.82) is 0 Å². The van der Waals surface area contributed by atoms with E-state index in [1.54, 1.807) is 24.0 Å². The fourth-order valence-corrected chi connectivity index (χ4v) is 2.83. The van der Waals surface area contributed by atoms with Gasteiger partial charge in [0.1, 0.15) is 11.9 Å². The summed E-state index contributed by atoms with van der Waals surface area (Å²) in [4.78, 5) is 27.3. The molecule has 0 fully saturated rings. The van der Waals surface area contributed by atoms with Crippen LogP contribution in [-0.2, 0) is 22.6 Å². The molecular formula is C23H29FN2O2. The van der Waals surface area contributed by atoms with E-state index in [0.29, 0.717) is 12.1 Å². The first-order valence-corrected chi connectivity index (χ1v) is 9.46. The quantitative estimate of drug-likeness (QED) is 0.818. The maximum Gasteiger partial charge on any atom is 0.242 e. The molecule has 1 unspecified atom stereocenters. The van der Waals surface area contributed by atoms with Gasteiger partial charge in [0.15, 0.2) is 0 Å². The number of hydrogen-bond acceptors (Lipinski definition) is 2. The van der Waals surface area contributed by atoms with E-state index in [1.807, 2.05) is 52.0 Å². The second kappa shape index (κ2) is 9.00. The summed E-state index contributed by atoms with van der Waals surface area (Å²) in [7, 11) is 0. The molecule has 0 spiro atoms. The number of aryl methyl sites for hydroxylation is 1. The maximum absolute atomic E-state index is 13.1. The molecule has 2 rings (SSSR count). The first-order valence-electron chi connectivity index (χ1n) is 9.46. The molecule has 4 nitrogen and oxygen atoms in total. The van der Waals surface area contributed by atoms with Crippen LogP contribution in [0, 0.1) is 12.7 Å². The van der Waals surface area contributed by atoms with Crippen LogP contribution in [0.2, 0.25) is 0 Å². The number of nitrogens with one attached hydrogen (secondary N) is 1. The van der Waals surface area contributed by atoms with Crippen molar-refractivity contribution in [1.82, 2.24) is 10.2 Å². The molecule has 1 atom stereocenters. The van der Waals surface area contributed by atoms with Gasteiger partial charge in [-0.2, -0.15) is 0 Å². The number of carbonyl (C=O) groups is 2. The second-order valence-corrected chi connectivity index (χ2v) is 8.23. The van der Waals surface area contributed by atoms with Gasteiger partial charge in [0.25, 0.3) is 0 Å². The molecule has 0 aromatic heterocycles. The Balaban J connectivity index is 2.23. The van der Waals surface area contributed by atoms with Crippen molar-refractivity contribution in [3.63, 3.8) is 0 Å². The van der Waals surface area contributed by atoms with Gasteiger partial charge in [-0.3, -0.25) is 9.59 Å². The highest BCUT2D eigenvalue weighted by Gasteiger charge is 2.28. The summed E-state index contributed by atoms with van der Waals surface area (Å²) < 4.78 is 13.1. The van der Waals surface area contributed by atoms with Crippen molar-refractivity contribution in [3.05, 3.63) is 71.0 Å². The van der Waals surface area contributed by atoms with Crippen molar-refractivity contribution in [3.8, 4) is 0 Å². The molecule has 2 aromatic rings. The van der Waals surface area contributed by atoms with Crippen LogP contribution in [0.3, 0.4) is 0 Å². The van der Waals surface area contributed by atoms with E-state index >= 15 is 0 Å². The molecule has 2 amide bonds. The zero-order valence-electron chi connectivity index (χ0n) is 17.3. The normalized spacial score (nSPS) is 12.4. The lowest BCUT2D eigenvalue weighted by Crippen LogP contribution is -2.52. The largest absolute Gasteiger partial charge is 0.350 e. The van der Waals surface area contributed by atoms with Crippen LogP contribution >= 0.6 is 0 Å². The average molecular weight is 384 g/mol. The highest BCUT2D eigenvalue weighted by Crippen LogP contribution is 2.14. The monoisotopic (exact) mass is 384 g/mol. The predicted molar refractivity (Wildman–Crippen MR) is 109 cm³/mol. The van der Waals surface area contributed by atoms with E-state index in [0.717, 1.165) is 11.1 Å². The lowest BCUT2D eigenvalue weighted by atomic mass is 10.1. The molecule has 28 heavy (non-hydrogen) atoms. The third kappa shape index (κ3) is 6.48. The van der Waals surface area contributed by atoms with Crippen molar-refractivity contribution >= 4 is 11.8 Å². The number of hydrogen-bond donors (Lipinski definition) is 1. The van der Waals surface area contributed by atoms with E-state index in [1.165, 1.54) is 12.1 Å². The van der Waals surface area contributed by atoms with Crippen LogP contribution in [0.15, 0.2) is 48.5 Å². The summed E-state index contributed by atoms with van der Waals surface area (Å²) in [5, 5.41) is 2.94. The molecule has 5 heteroatoms. The Morgan fingerprint density at radius 1 is 1.00 bits per heavy atom. The smallest absolute Gasteiger partial charge is 0.242 e. The number of nitrogens with zero attached hydrogens (tertiary/aromatic N) is 1. The van der Waals surface area contributed by atoms with Crippen molar-refractivity contribution < 1.29 is 14.0 Å². The Bertz CT molecular complexity index is 808. The van der Waals surface area contributed by atoms with Gasteiger partial charge in [0.2, 0.25) is 11.8 Å². The fourth-order valence-electron chi connectivity index (χ4n) is 2.83. The van der Waals surface area contributed by atoms with E-state index in [4.69, 9.17) is 0 Å². The van der Waals surface area contributed by atoms with Crippen molar-refractivity contribution in [2.45, 2.75) is 59.2 Å². The van der Waals surface area contributed by atoms with E-state index in [-0.39, 0.29) is 29.6 Å². The van der Waals surface area contributed by atoms with Crippen LogP contribution in [0.1, 0.15) is 44.4 Å². The molecule has 0 bridgehead atoms. The summed E-state index contributed by atoms with van der Waals surface area (Å²) in [6, 6.07) is 13.1. The highest BCUT2D eigenvalue weighted by atomic mass is 19.1. The minimum atomic E-state index is -0.631. The predicted octanol–water partition coefficient (Wildman–Crippen LogP) is 4.01. The molecular weight excluding hydrogens is 355 g/mol. The standard InChI is InChI=1S/C23H29FN2O2/c1-16-6-8-19(9-7-16)15-26(17(2)22(28)25-23(3,4)5)21(27)14-18-10-12-20(24)13-11-18/h6-13,17H,14-15H2,1-5H3,(H,25,28). The van der Waals surface area contributed by atoms with Gasteiger partial charge in [-0.1, -0.05) is 42.0 Å². The summed E-state index contributed by atoms with van der Waals surface area (Å²) in [5.74, 6) is -0.721. The minimum absolute atomic E-state index is 0.110. The van der Waals surface area contributed by atoms with Crippen LogP contribution in [0.5, 0.6) is 0 Å². The van der Waals surface area contributed by atoms with Gasteiger partial charge >= 0.3 is 0 Å². The summed E-state index contributed by atoms with van der Waals surface area (Å²) in [6.07, 6.45) is 0.110. The van der Waals surface area contributed by atoms with Crippen molar-refractivity contribution in [2.24, 2.45) is 0 Å². The lowest BCUT2D eigenvalue weighted by molar-refractivity contribution is -0.140. The van der Waals surface area contributed by atoms with Gasteiger partial charge in [-0.15, -0.1) is 0 Å². The summed E-state index contributed by atoms with van der Waals surface area (Å²) in [5.41, 5.74) is 2.41. The number of benzene rings is 2. The number of halogens is 1. The SMILES string of the molecule is Cc1ccc(CN(C(=O)Cc2ccc(F)cc2)C(C)C(=O)NC(C)(C)C)cc1. The number of rotatable bonds is 6. The van der Waals surface area contributed by atoms with Gasteiger partial charge in [0, 0.05) is 12.1 Å². The van der Waals surface area contributed by atoms with Gasteiger partial charge in [-0.25, -0.2) is 4.39 Å². The van der Waals surface area contributed by atoms with E-state index < -0.39 is 6.04 Å². The molecule has 0 saturated heterocycles.